The van der Waals surface area contributed by atoms with Gasteiger partial charge in [0.2, 0.25) is 0 Å². The Morgan fingerprint density at radius 1 is 1.03 bits per heavy atom. The second kappa shape index (κ2) is 10.7. The lowest BCUT2D eigenvalue weighted by Gasteiger charge is -2.22. The highest BCUT2D eigenvalue weighted by atomic mass is 32.2. The van der Waals surface area contributed by atoms with Crippen molar-refractivity contribution in [1.82, 2.24) is 4.90 Å². The summed E-state index contributed by atoms with van der Waals surface area (Å²) in [7, 11) is -3.82. The van der Waals surface area contributed by atoms with E-state index < -0.39 is 38.5 Å². The second-order valence-corrected chi connectivity index (χ2v) is 10.9. The Bertz CT molecular complexity index is 1540. The number of benzene rings is 3. The highest BCUT2D eigenvalue weighted by molar-refractivity contribution is 7.90. The topological polar surface area (TPSA) is 92.8 Å². The van der Waals surface area contributed by atoms with E-state index in [9.17, 15) is 31.2 Å². The van der Waals surface area contributed by atoms with E-state index >= 15 is 4.39 Å². The first kappa shape index (κ1) is 28.1. The van der Waals surface area contributed by atoms with Gasteiger partial charge < -0.3 is 15.0 Å². The lowest BCUT2D eigenvalue weighted by molar-refractivity contribution is -0.167. The molecule has 1 N–H and O–H groups in total. The maximum atomic E-state index is 15.0. The molecule has 0 saturated heterocycles. The number of carbonyl (C=O) groups excluding carboxylic acids is 2. The molecule has 39 heavy (non-hydrogen) atoms. The molecule has 0 radical (unpaired) electrons. The molecule has 0 aromatic heterocycles. The minimum atomic E-state index is -5.00. The van der Waals surface area contributed by atoms with Gasteiger partial charge in [0.15, 0.2) is 9.84 Å². The van der Waals surface area contributed by atoms with Crippen molar-refractivity contribution >= 4 is 27.3 Å². The monoisotopic (exact) mass is 564 g/mol. The Hall–Kier alpha value is -3.93. The van der Waals surface area contributed by atoms with Crippen molar-refractivity contribution in [3.8, 4) is 16.9 Å². The van der Waals surface area contributed by atoms with Crippen LogP contribution in [0.25, 0.3) is 11.1 Å². The highest BCUT2D eigenvalue weighted by Gasteiger charge is 2.38. The van der Waals surface area contributed by atoms with Gasteiger partial charge in [0, 0.05) is 35.2 Å². The first-order chi connectivity index (χ1) is 18.3. The number of sulfone groups is 1. The SMILES string of the molecule is CCc1c(C(=O)N2CCOc3ccc(-c4ccc(NC(=O)C(F)(F)F)cc4)cc3C2)ccc(S(C)(=O)=O)c1F. The predicted octanol–water partition coefficient (Wildman–Crippen LogP) is 4.99. The Kier molecular flexibility index (Phi) is 7.69. The normalized spacial score (nSPS) is 13.7. The molecule has 0 atom stereocenters. The third-order valence-electron chi connectivity index (χ3n) is 6.25. The van der Waals surface area contributed by atoms with Gasteiger partial charge in [-0.05, 0) is 53.9 Å². The molecule has 4 rings (SSSR count). The molecular formula is C27H24F4N2O5S. The van der Waals surface area contributed by atoms with Crippen LogP contribution < -0.4 is 10.1 Å². The molecule has 206 valence electrons. The van der Waals surface area contributed by atoms with Crippen LogP contribution in [-0.4, -0.2) is 50.7 Å². The fourth-order valence-electron chi connectivity index (χ4n) is 4.30. The first-order valence-electron chi connectivity index (χ1n) is 11.8. The molecular weight excluding hydrogens is 540 g/mol. The van der Waals surface area contributed by atoms with Crippen LogP contribution in [0.3, 0.4) is 0 Å². The number of halogens is 4. The summed E-state index contributed by atoms with van der Waals surface area (Å²) in [5, 5.41) is 1.79. The number of ether oxygens (including phenoxy) is 1. The number of hydrogen-bond donors (Lipinski definition) is 1. The van der Waals surface area contributed by atoms with Crippen LogP contribution in [0.15, 0.2) is 59.5 Å². The minimum absolute atomic E-state index is 0.0137. The van der Waals surface area contributed by atoms with Crippen molar-refractivity contribution in [3.05, 3.63) is 77.1 Å². The second-order valence-electron chi connectivity index (χ2n) is 8.96. The van der Waals surface area contributed by atoms with E-state index in [-0.39, 0.29) is 42.9 Å². The van der Waals surface area contributed by atoms with Gasteiger partial charge in [-0.3, -0.25) is 9.59 Å². The molecule has 0 fully saturated rings. The maximum absolute atomic E-state index is 15.0. The van der Waals surface area contributed by atoms with Gasteiger partial charge in [-0.25, -0.2) is 12.8 Å². The number of amides is 2. The number of rotatable bonds is 5. The van der Waals surface area contributed by atoms with Crippen LogP contribution in [-0.2, 0) is 27.6 Å². The number of nitrogens with zero attached hydrogens (tertiary/aromatic N) is 1. The van der Waals surface area contributed by atoms with Gasteiger partial charge in [-0.2, -0.15) is 13.2 Å². The summed E-state index contributed by atoms with van der Waals surface area (Å²) in [5.74, 6) is -2.94. The quantitative estimate of drug-likeness (QED) is 0.441. The summed E-state index contributed by atoms with van der Waals surface area (Å²) < 4.78 is 82.2. The average Bonchev–Trinajstić information content (AvgIpc) is 3.09. The Morgan fingerprint density at radius 3 is 2.31 bits per heavy atom. The highest BCUT2D eigenvalue weighted by Crippen LogP contribution is 2.31. The maximum Gasteiger partial charge on any atom is 0.471 e. The van der Waals surface area contributed by atoms with E-state index in [1.54, 1.807) is 42.6 Å². The Labute approximate surface area is 222 Å². The number of fused-ring (bicyclic) bond motifs is 1. The van der Waals surface area contributed by atoms with Gasteiger partial charge in [0.25, 0.3) is 5.91 Å². The van der Waals surface area contributed by atoms with Crippen molar-refractivity contribution < 1.29 is 40.3 Å². The van der Waals surface area contributed by atoms with E-state index in [4.69, 9.17) is 4.74 Å². The standard InChI is InChI=1S/C27H24F4N2O5S/c1-3-20-21(9-11-23(24(20)28)39(2,36)37)25(34)33-12-13-38-22-10-6-17(14-18(22)15-33)16-4-7-19(8-5-16)32-26(35)27(29,30)31/h4-11,14H,3,12-13,15H2,1-2H3,(H,32,35). The third kappa shape index (κ3) is 6.06. The van der Waals surface area contributed by atoms with Crippen LogP contribution in [0, 0.1) is 5.82 Å². The molecule has 7 nitrogen and oxygen atoms in total. The van der Waals surface area contributed by atoms with Gasteiger partial charge in [-0.15, -0.1) is 0 Å². The van der Waals surface area contributed by atoms with Gasteiger partial charge >= 0.3 is 12.1 Å². The van der Waals surface area contributed by atoms with E-state index in [0.717, 1.165) is 12.3 Å². The number of nitrogens with one attached hydrogen (secondary N) is 1. The third-order valence-corrected chi connectivity index (χ3v) is 7.37. The summed E-state index contributed by atoms with van der Waals surface area (Å²) in [6.07, 6.45) is -3.99. The Balaban J connectivity index is 1.60. The summed E-state index contributed by atoms with van der Waals surface area (Å²) in [6, 6.07) is 13.5. The van der Waals surface area contributed by atoms with Crippen molar-refractivity contribution in [3.63, 3.8) is 0 Å². The molecule has 0 spiro atoms. The molecule has 3 aromatic rings. The number of alkyl halides is 3. The zero-order valence-electron chi connectivity index (χ0n) is 20.9. The number of hydrogen-bond acceptors (Lipinski definition) is 5. The summed E-state index contributed by atoms with van der Waals surface area (Å²) in [4.78, 5) is 25.6. The lowest BCUT2D eigenvalue weighted by Crippen LogP contribution is -2.33. The molecule has 0 unspecified atom stereocenters. The molecule has 12 heteroatoms. The van der Waals surface area contributed by atoms with E-state index in [0.29, 0.717) is 22.4 Å². The van der Waals surface area contributed by atoms with E-state index in [1.807, 2.05) is 0 Å². The number of anilines is 1. The zero-order valence-corrected chi connectivity index (χ0v) is 21.7. The van der Waals surface area contributed by atoms with Crippen molar-refractivity contribution in [2.45, 2.75) is 31.0 Å². The molecule has 1 aliphatic rings. The van der Waals surface area contributed by atoms with E-state index in [1.165, 1.54) is 23.1 Å². The summed E-state index contributed by atoms with van der Waals surface area (Å²) in [6.45, 7) is 2.14. The van der Waals surface area contributed by atoms with Gasteiger partial charge in [0.05, 0.1) is 6.54 Å². The lowest BCUT2D eigenvalue weighted by atomic mass is 10.0. The molecule has 1 heterocycles. The molecule has 3 aromatic carbocycles. The van der Waals surface area contributed by atoms with Crippen molar-refractivity contribution in [2.75, 3.05) is 24.7 Å². The average molecular weight is 565 g/mol. The predicted molar refractivity (Wildman–Crippen MR) is 136 cm³/mol. The smallest absolute Gasteiger partial charge is 0.471 e. The molecule has 0 aliphatic carbocycles. The molecule has 0 saturated carbocycles. The van der Waals surface area contributed by atoms with Gasteiger partial charge in [-0.1, -0.05) is 25.1 Å². The minimum Gasteiger partial charge on any atom is -0.491 e. The van der Waals surface area contributed by atoms with Crippen LogP contribution in [0.2, 0.25) is 0 Å². The van der Waals surface area contributed by atoms with Crippen LogP contribution >= 0.6 is 0 Å². The van der Waals surface area contributed by atoms with Gasteiger partial charge in [0.1, 0.15) is 23.1 Å². The first-order valence-corrected chi connectivity index (χ1v) is 13.7. The summed E-state index contributed by atoms with van der Waals surface area (Å²) >= 11 is 0. The van der Waals surface area contributed by atoms with Crippen molar-refractivity contribution in [1.29, 1.82) is 0 Å². The molecule has 1 aliphatic heterocycles. The largest absolute Gasteiger partial charge is 0.491 e. The van der Waals surface area contributed by atoms with Crippen molar-refractivity contribution in [2.24, 2.45) is 0 Å². The number of carbonyl (C=O) groups is 2. The summed E-state index contributed by atoms with van der Waals surface area (Å²) in [5.41, 5.74) is 2.06. The van der Waals surface area contributed by atoms with E-state index in [2.05, 4.69) is 0 Å². The zero-order chi connectivity index (χ0) is 28.5. The van der Waals surface area contributed by atoms with Crippen LogP contribution in [0.5, 0.6) is 5.75 Å². The molecule has 0 bridgehead atoms. The Morgan fingerprint density at radius 2 is 1.69 bits per heavy atom. The fourth-order valence-corrected chi connectivity index (χ4v) is 5.06. The molecule has 2 amide bonds. The van der Waals surface area contributed by atoms with Crippen LogP contribution in [0.1, 0.15) is 28.4 Å². The van der Waals surface area contributed by atoms with Crippen LogP contribution in [0.4, 0.5) is 23.2 Å². The fraction of sp³-hybridized carbons (Fsp3) is 0.259.